The third-order valence-corrected chi connectivity index (χ3v) is 2.18. The molecule has 0 saturated carbocycles. The molecule has 5 nitrogen and oxygen atoms in total. The van der Waals surface area contributed by atoms with Gasteiger partial charge in [-0.25, -0.2) is 0 Å². The van der Waals surface area contributed by atoms with Gasteiger partial charge in [0.05, 0.1) is 52.9 Å². The summed E-state index contributed by atoms with van der Waals surface area (Å²) in [5.41, 5.74) is 0. The summed E-state index contributed by atoms with van der Waals surface area (Å²) in [6.07, 6.45) is 2.10. The van der Waals surface area contributed by atoms with Crippen LogP contribution >= 0.6 is 0 Å². The molecule has 19 heavy (non-hydrogen) atoms. The fraction of sp³-hybridized carbons (Fsp3) is 1.00. The SMILES string of the molecule is CCCOCCOCCOCCOCCOCCC. The van der Waals surface area contributed by atoms with Crippen LogP contribution in [0.2, 0.25) is 0 Å². The number of rotatable bonds is 16. The molecular formula is C14H30O5. The zero-order valence-corrected chi connectivity index (χ0v) is 12.5. The van der Waals surface area contributed by atoms with Crippen LogP contribution < -0.4 is 0 Å². The molecule has 0 aromatic carbocycles. The summed E-state index contributed by atoms with van der Waals surface area (Å²) in [5.74, 6) is 0. The Balaban J connectivity index is 2.88. The first-order chi connectivity index (χ1) is 9.41. The molecule has 116 valence electrons. The van der Waals surface area contributed by atoms with Crippen molar-refractivity contribution in [1.29, 1.82) is 0 Å². The topological polar surface area (TPSA) is 46.2 Å². The molecule has 0 atom stereocenters. The zero-order valence-electron chi connectivity index (χ0n) is 12.5. The molecule has 0 aliphatic heterocycles. The quantitative estimate of drug-likeness (QED) is 0.403. The van der Waals surface area contributed by atoms with E-state index in [-0.39, 0.29) is 0 Å². The molecule has 0 spiro atoms. The molecule has 0 amide bonds. The van der Waals surface area contributed by atoms with E-state index in [4.69, 9.17) is 23.7 Å². The first-order valence-electron chi connectivity index (χ1n) is 7.30. The van der Waals surface area contributed by atoms with E-state index in [1.54, 1.807) is 0 Å². The predicted octanol–water partition coefficient (Wildman–Crippen LogP) is 1.89. The normalized spacial score (nSPS) is 11.1. The summed E-state index contributed by atoms with van der Waals surface area (Å²) in [7, 11) is 0. The third-order valence-electron chi connectivity index (χ3n) is 2.18. The molecule has 0 N–H and O–H groups in total. The maximum Gasteiger partial charge on any atom is 0.0701 e. The Kier molecular flexibility index (Phi) is 17.6. The van der Waals surface area contributed by atoms with Crippen molar-refractivity contribution in [1.82, 2.24) is 0 Å². The van der Waals surface area contributed by atoms with Crippen LogP contribution in [-0.4, -0.2) is 66.1 Å². The van der Waals surface area contributed by atoms with Gasteiger partial charge in [-0.3, -0.25) is 0 Å². The van der Waals surface area contributed by atoms with Crippen molar-refractivity contribution < 1.29 is 23.7 Å². The van der Waals surface area contributed by atoms with Crippen LogP contribution in [0.25, 0.3) is 0 Å². The lowest BCUT2D eigenvalue weighted by Gasteiger charge is -2.07. The Bertz CT molecular complexity index is 139. The second-order valence-electron chi connectivity index (χ2n) is 4.06. The van der Waals surface area contributed by atoms with Crippen LogP contribution in [0, 0.1) is 0 Å². The molecule has 0 fully saturated rings. The summed E-state index contributed by atoms with van der Waals surface area (Å²) < 4.78 is 26.6. The highest BCUT2D eigenvalue weighted by molar-refractivity contribution is 4.35. The van der Waals surface area contributed by atoms with Gasteiger partial charge in [0.2, 0.25) is 0 Å². The van der Waals surface area contributed by atoms with Crippen LogP contribution in [0.1, 0.15) is 26.7 Å². The first kappa shape index (κ1) is 18.8. The molecule has 0 unspecified atom stereocenters. The van der Waals surface area contributed by atoms with Gasteiger partial charge in [0.1, 0.15) is 0 Å². The maximum absolute atomic E-state index is 5.36. The van der Waals surface area contributed by atoms with Gasteiger partial charge in [-0.1, -0.05) is 13.8 Å². The molecule has 5 heteroatoms. The minimum atomic E-state index is 0.601. The molecule has 0 rings (SSSR count). The number of ether oxygens (including phenoxy) is 5. The molecule has 0 aromatic rings. The van der Waals surface area contributed by atoms with E-state index in [0.717, 1.165) is 26.1 Å². The fourth-order valence-corrected chi connectivity index (χ4v) is 1.27. The Labute approximate surface area is 117 Å². The molecule has 0 heterocycles. The molecule has 0 radical (unpaired) electrons. The summed E-state index contributed by atoms with van der Waals surface area (Å²) in [4.78, 5) is 0. The lowest BCUT2D eigenvalue weighted by atomic mass is 10.5. The van der Waals surface area contributed by atoms with Gasteiger partial charge in [-0.2, -0.15) is 0 Å². The highest BCUT2D eigenvalue weighted by atomic mass is 16.6. The summed E-state index contributed by atoms with van der Waals surface area (Å²) in [5, 5.41) is 0. The molecule has 0 aliphatic carbocycles. The van der Waals surface area contributed by atoms with Gasteiger partial charge in [0.25, 0.3) is 0 Å². The van der Waals surface area contributed by atoms with Crippen molar-refractivity contribution in [2.24, 2.45) is 0 Å². The van der Waals surface area contributed by atoms with Gasteiger partial charge >= 0.3 is 0 Å². The van der Waals surface area contributed by atoms with Crippen molar-refractivity contribution in [3.05, 3.63) is 0 Å². The van der Waals surface area contributed by atoms with Crippen LogP contribution in [0.4, 0.5) is 0 Å². The van der Waals surface area contributed by atoms with E-state index in [9.17, 15) is 0 Å². The summed E-state index contributed by atoms with van der Waals surface area (Å²) >= 11 is 0. The average Bonchev–Trinajstić information content (AvgIpc) is 2.43. The minimum absolute atomic E-state index is 0.601. The average molecular weight is 278 g/mol. The lowest BCUT2D eigenvalue weighted by Crippen LogP contribution is -2.13. The second-order valence-corrected chi connectivity index (χ2v) is 4.06. The van der Waals surface area contributed by atoms with Gasteiger partial charge in [-0.05, 0) is 12.8 Å². The van der Waals surface area contributed by atoms with E-state index >= 15 is 0 Å². The van der Waals surface area contributed by atoms with Gasteiger partial charge in [0.15, 0.2) is 0 Å². The van der Waals surface area contributed by atoms with E-state index in [0.29, 0.717) is 52.9 Å². The van der Waals surface area contributed by atoms with Crippen LogP contribution in [0.5, 0.6) is 0 Å². The standard InChI is InChI=1S/C14H30O5/c1-3-5-15-7-9-17-11-13-19-14-12-18-10-8-16-6-4-2/h3-14H2,1-2H3. The number of hydrogen-bond acceptors (Lipinski definition) is 5. The zero-order chi connectivity index (χ0) is 14.0. The number of hydrogen-bond donors (Lipinski definition) is 0. The first-order valence-corrected chi connectivity index (χ1v) is 7.30. The van der Waals surface area contributed by atoms with Crippen molar-refractivity contribution in [3.8, 4) is 0 Å². The third kappa shape index (κ3) is 17.8. The van der Waals surface area contributed by atoms with Gasteiger partial charge < -0.3 is 23.7 Å². The summed E-state index contributed by atoms with van der Waals surface area (Å²) in [6.45, 7) is 10.8. The Morgan fingerprint density at radius 2 is 0.579 bits per heavy atom. The second kappa shape index (κ2) is 17.8. The van der Waals surface area contributed by atoms with Crippen LogP contribution in [-0.2, 0) is 23.7 Å². The van der Waals surface area contributed by atoms with E-state index < -0.39 is 0 Å². The monoisotopic (exact) mass is 278 g/mol. The Hall–Kier alpha value is -0.200. The van der Waals surface area contributed by atoms with Crippen molar-refractivity contribution in [2.75, 3.05) is 66.1 Å². The molecule has 0 aliphatic rings. The Morgan fingerprint density at radius 1 is 0.368 bits per heavy atom. The van der Waals surface area contributed by atoms with Crippen molar-refractivity contribution in [2.45, 2.75) is 26.7 Å². The lowest BCUT2D eigenvalue weighted by molar-refractivity contribution is -0.0109. The molecule has 0 saturated heterocycles. The largest absolute Gasteiger partial charge is 0.379 e. The Morgan fingerprint density at radius 3 is 0.789 bits per heavy atom. The predicted molar refractivity (Wildman–Crippen MR) is 74.7 cm³/mol. The molecule has 0 bridgehead atoms. The van der Waals surface area contributed by atoms with Crippen molar-refractivity contribution in [3.63, 3.8) is 0 Å². The van der Waals surface area contributed by atoms with Gasteiger partial charge in [0, 0.05) is 13.2 Å². The highest BCUT2D eigenvalue weighted by Crippen LogP contribution is 1.85. The minimum Gasteiger partial charge on any atom is -0.379 e. The van der Waals surface area contributed by atoms with E-state index in [1.807, 2.05) is 0 Å². The van der Waals surface area contributed by atoms with Crippen LogP contribution in [0.3, 0.4) is 0 Å². The molecular weight excluding hydrogens is 248 g/mol. The van der Waals surface area contributed by atoms with Crippen molar-refractivity contribution >= 4 is 0 Å². The van der Waals surface area contributed by atoms with E-state index in [1.165, 1.54) is 0 Å². The molecule has 0 aromatic heterocycles. The van der Waals surface area contributed by atoms with Crippen LogP contribution in [0.15, 0.2) is 0 Å². The maximum atomic E-state index is 5.36. The smallest absolute Gasteiger partial charge is 0.0701 e. The fourth-order valence-electron chi connectivity index (χ4n) is 1.27. The summed E-state index contributed by atoms with van der Waals surface area (Å²) in [6, 6.07) is 0. The van der Waals surface area contributed by atoms with Gasteiger partial charge in [-0.15, -0.1) is 0 Å². The van der Waals surface area contributed by atoms with E-state index in [2.05, 4.69) is 13.8 Å². The highest BCUT2D eigenvalue weighted by Gasteiger charge is 1.92.